The number of benzene rings is 1. The summed E-state index contributed by atoms with van der Waals surface area (Å²) in [5.74, 6) is 0. The summed E-state index contributed by atoms with van der Waals surface area (Å²) in [7, 11) is 0. The number of likely N-dealkylation sites (tertiary alicyclic amines) is 1. The van der Waals surface area contributed by atoms with Crippen molar-refractivity contribution in [2.24, 2.45) is 0 Å². The van der Waals surface area contributed by atoms with Gasteiger partial charge in [-0.15, -0.1) is 0 Å². The molecule has 0 amide bonds. The van der Waals surface area contributed by atoms with Crippen molar-refractivity contribution in [3.8, 4) is 0 Å². The highest BCUT2D eigenvalue weighted by atomic mass is 79.9. The van der Waals surface area contributed by atoms with Crippen LogP contribution in [0.4, 0.5) is 0 Å². The Kier molecular flexibility index (Phi) is 3.43. The van der Waals surface area contributed by atoms with Crippen molar-refractivity contribution in [2.75, 3.05) is 13.1 Å². The minimum absolute atomic E-state index is 0.250. The Morgan fingerprint density at radius 3 is 3.00 bits per heavy atom. The van der Waals surface area contributed by atoms with E-state index in [1.807, 2.05) is 12.1 Å². The molecule has 1 aliphatic heterocycles. The minimum Gasteiger partial charge on any atom is -0.423 e. The molecular formula is C14H14BrNO3. The van der Waals surface area contributed by atoms with Gasteiger partial charge in [-0.05, 0) is 30.2 Å². The SMILES string of the molecule is O=c1cc(CN2CC[C@@H](O)C2)c2ccc(Br)cc2o1. The number of hydrogen-bond acceptors (Lipinski definition) is 4. The average Bonchev–Trinajstić information content (AvgIpc) is 2.74. The molecule has 19 heavy (non-hydrogen) atoms. The van der Waals surface area contributed by atoms with Crippen LogP contribution in [0.3, 0.4) is 0 Å². The van der Waals surface area contributed by atoms with Crippen molar-refractivity contribution in [1.29, 1.82) is 0 Å². The van der Waals surface area contributed by atoms with Crippen molar-refractivity contribution < 1.29 is 9.52 Å². The van der Waals surface area contributed by atoms with Gasteiger partial charge in [-0.2, -0.15) is 0 Å². The summed E-state index contributed by atoms with van der Waals surface area (Å²) in [5.41, 5.74) is 1.21. The first kappa shape index (κ1) is 12.8. The summed E-state index contributed by atoms with van der Waals surface area (Å²) < 4.78 is 6.10. The quantitative estimate of drug-likeness (QED) is 0.860. The zero-order valence-electron chi connectivity index (χ0n) is 10.3. The molecule has 1 fully saturated rings. The van der Waals surface area contributed by atoms with E-state index in [1.54, 1.807) is 12.1 Å². The highest BCUT2D eigenvalue weighted by molar-refractivity contribution is 9.10. The minimum atomic E-state index is -0.333. The third-order valence-corrected chi connectivity index (χ3v) is 3.93. The van der Waals surface area contributed by atoms with Crippen LogP contribution in [0.5, 0.6) is 0 Å². The van der Waals surface area contributed by atoms with Gasteiger partial charge in [-0.25, -0.2) is 4.79 Å². The molecule has 100 valence electrons. The highest BCUT2D eigenvalue weighted by Gasteiger charge is 2.21. The van der Waals surface area contributed by atoms with E-state index in [0.29, 0.717) is 18.7 Å². The summed E-state index contributed by atoms with van der Waals surface area (Å²) in [6.45, 7) is 2.19. The number of aliphatic hydroxyl groups is 1. The monoisotopic (exact) mass is 323 g/mol. The number of aliphatic hydroxyl groups excluding tert-OH is 1. The average molecular weight is 324 g/mol. The van der Waals surface area contributed by atoms with Gasteiger partial charge in [-0.1, -0.05) is 15.9 Å². The topological polar surface area (TPSA) is 53.7 Å². The molecule has 1 atom stereocenters. The van der Waals surface area contributed by atoms with Crippen LogP contribution in [0.15, 0.2) is 37.9 Å². The Morgan fingerprint density at radius 2 is 2.26 bits per heavy atom. The molecule has 1 aromatic carbocycles. The summed E-state index contributed by atoms with van der Waals surface area (Å²) >= 11 is 3.37. The van der Waals surface area contributed by atoms with Crippen molar-refractivity contribution >= 4 is 26.9 Å². The second-order valence-electron chi connectivity index (χ2n) is 4.91. The summed E-state index contributed by atoms with van der Waals surface area (Å²) in [6, 6.07) is 7.23. The van der Waals surface area contributed by atoms with Gasteiger partial charge >= 0.3 is 5.63 Å². The molecule has 1 N–H and O–H groups in total. The Labute approximate surface area is 118 Å². The van der Waals surface area contributed by atoms with Crippen LogP contribution < -0.4 is 5.63 Å². The molecule has 1 saturated heterocycles. The second kappa shape index (κ2) is 5.07. The highest BCUT2D eigenvalue weighted by Crippen LogP contribution is 2.23. The molecule has 0 spiro atoms. The van der Waals surface area contributed by atoms with Gasteiger partial charge in [0.1, 0.15) is 5.58 Å². The number of fused-ring (bicyclic) bond motifs is 1. The standard InChI is InChI=1S/C14H14BrNO3/c15-10-1-2-12-9(5-14(18)19-13(12)6-10)7-16-4-3-11(17)8-16/h1-2,5-6,11,17H,3-4,7-8H2/t11-/m1/s1. The normalized spacial score (nSPS) is 20.2. The van der Waals surface area contributed by atoms with Crippen molar-refractivity contribution in [1.82, 2.24) is 4.90 Å². The fraction of sp³-hybridized carbons (Fsp3) is 0.357. The van der Waals surface area contributed by atoms with E-state index in [-0.39, 0.29) is 11.7 Å². The van der Waals surface area contributed by atoms with Crippen molar-refractivity contribution in [3.05, 3.63) is 44.7 Å². The Bertz CT molecular complexity index is 667. The predicted molar refractivity (Wildman–Crippen MR) is 76.1 cm³/mol. The lowest BCUT2D eigenvalue weighted by molar-refractivity contribution is 0.175. The Morgan fingerprint density at radius 1 is 1.42 bits per heavy atom. The molecule has 2 aromatic rings. The molecule has 3 rings (SSSR count). The van der Waals surface area contributed by atoms with E-state index in [9.17, 15) is 9.90 Å². The Hall–Kier alpha value is -1.17. The maximum absolute atomic E-state index is 11.6. The lowest BCUT2D eigenvalue weighted by Crippen LogP contribution is -2.22. The van der Waals surface area contributed by atoms with Crippen LogP contribution in [0.2, 0.25) is 0 Å². The largest absolute Gasteiger partial charge is 0.423 e. The van der Waals surface area contributed by atoms with Crippen molar-refractivity contribution in [3.63, 3.8) is 0 Å². The van der Waals surface area contributed by atoms with Crippen LogP contribution in [-0.4, -0.2) is 29.2 Å². The molecule has 4 nitrogen and oxygen atoms in total. The van der Waals surface area contributed by atoms with Gasteiger partial charge in [0.2, 0.25) is 0 Å². The van der Waals surface area contributed by atoms with Crippen LogP contribution in [0.25, 0.3) is 11.0 Å². The first-order chi connectivity index (χ1) is 9.11. The molecular weight excluding hydrogens is 310 g/mol. The van der Waals surface area contributed by atoms with Gasteiger partial charge in [0, 0.05) is 35.6 Å². The predicted octanol–water partition coefficient (Wildman–Crippen LogP) is 2.12. The van der Waals surface area contributed by atoms with Gasteiger partial charge in [0.25, 0.3) is 0 Å². The summed E-state index contributed by atoms with van der Waals surface area (Å²) in [4.78, 5) is 13.8. The van der Waals surface area contributed by atoms with E-state index >= 15 is 0 Å². The van der Waals surface area contributed by atoms with E-state index in [0.717, 1.165) is 28.4 Å². The van der Waals surface area contributed by atoms with E-state index < -0.39 is 0 Å². The molecule has 0 bridgehead atoms. The third kappa shape index (κ3) is 2.73. The first-order valence-electron chi connectivity index (χ1n) is 6.24. The van der Waals surface area contributed by atoms with Crippen molar-refractivity contribution in [2.45, 2.75) is 19.1 Å². The lowest BCUT2D eigenvalue weighted by atomic mass is 10.1. The molecule has 5 heteroatoms. The zero-order chi connectivity index (χ0) is 13.4. The molecule has 0 saturated carbocycles. The smallest absolute Gasteiger partial charge is 0.336 e. The molecule has 0 radical (unpaired) electrons. The maximum Gasteiger partial charge on any atom is 0.336 e. The molecule has 1 aromatic heterocycles. The number of hydrogen-bond donors (Lipinski definition) is 1. The van der Waals surface area contributed by atoms with Crippen LogP contribution >= 0.6 is 15.9 Å². The molecule has 0 unspecified atom stereocenters. The van der Waals surface area contributed by atoms with Crippen LogP contribution in [0, 0.1) is 0 Å². The molecule has 1 aliphatic rings. The number of nitrogens with zero attached hydrogens (tertiary/aromatic N) is 1. The van der Waals surface area contributed by atoms with Crippen LogP contribution in [0.1, 0.15) is 12.0 Å². The Balaban J connectivity index is 2.00. The van der Waals surface area contributed by atoms with Gasteiger partial charge in [0.05, 0.1) is 6.10 Å². The fourth-order valence-corrected chi connectivity index (χ4v) is 2.87. The van der Waals surface area contributed by atoms with Gasteiger partial charge in [-0.3, -0.25) is 4.90 Å². The fourth-order valence-electron chi connectivity index (χ4n) is 2.53. The summed E-state index contributed by atoms with van der Waals surface area (Å²) in [6.07, 6.45) is 0.547. The maximum atomic E-state index is 11.6. The van der Waals surface area contributed by atoms with E-state index in [2.05, 4.69) is 20.8 Å². The third-order valence-electron chi connectivity index (χ3n) is 3.43. The van der Waals surface area contributed by atoms with Gasteiger partial charge < -0.3 is 9.52 Å². The molecule has 0 aliphatic carbocycles. The van der Waals surface area contributed by atoms with Crippen LogP contribution in [-0.2, 0) is 6.54 Å². The second-order valence-corrected chi connectivity index (χ2v) is 5.82. The molecule has 2 heterocycles. The summed E-state index contributed by atoms with van der Waals surface area (Å²) in [5, 5.41) is 10.5. The first-order valence-corrected chi connectivity index (χ1v) is 7.04. The zero-order valence-corrected chi connectivity index (χ0v) is 11.9. The number of β-amino-alcohol motifs (C(OH)–C–C–N with tert-alkyl or cyclic N) is 1. The van der Waals surface area contributed by atoms with Gasteiger partial charge in [0.15, 0.2) is 0 Å². The van der Waals surface area contributed by atoms with E-state index in [4.69, 9.17) is 4.42 Å². The number of halogens is 1. The van der Waals surface area contributed by atoms with E-state index in [1.165, 1.54) is 0 Å². The lowest BCUT2D eigenvalue weighted by Gasteiger charge is -2.15. The number of rotatable bonds is 2.